The number of carbonyl (C=O) groups is 2. The van der Waals surface area contributed by atoms with E-state index in [1.807, 2.05) is 13.0 Å². The van der Waals surface area contributed by atoms with Gasteiger partial charge in [-0.2, -0.15) is 0 Å². The Bertz CT molecular complexity index is 424. The molecule has 1 aromatic rings. The van der Waals surface area contributed by atoms with Crippen molar-refractivity contribution >= 4 is 11.7 Å². The van der Waals surface area contributed by atoms with Crippen LogP contribution >= 0.6 is 0 Å². The molecule has 4 heteroatoms. The molecule has 0 saturated carbocycles. The Morgan fingerprint density at radius 3 is 2.38 bits per heavy atom. The lowest BCUT2D eigenvalue weighted by atomic mass is 10.1. The third-order valence-electron chi connectivity index (χ3n) is 2.20. The minimum absolute atomic E-state index is 0.307. The van der Waals surface area contributed by atoms with Gasteiger partial charge < -0.3 is 9.64 Å². The standard InChI is InChI=1S/C12H15NO3/c1-8-5-6-10(16-4)9(7-8)11(14)12(15)13(2)3/h5-7H,1-4H3. The van der Waals surface area contributed by atoms with Crippen LogP contribution in [-0.2, 0) is 4.79 Å². The molecular formula is C12H15NO3. The van der Waals surface area contributed by atoms with Gasteiger partial charge in [0.1, 0.15) is 5.75 Å². The van der Waals surface area contributed by atoms with E-state index in [2.05, 4.69) is 0 Å². The van der Waals surface area contributed by atoms with E-state index in [-0.39, 0.29) is 0 Å². The average molecular weight is 221 g/mol. The van der Waals surface area contributed by atoms with Crippen LogP contribution in [0.5, 0.6) is 5.75 Å². The maximum atomic E-state index is 11.8. The number of carbonyl (C=O) groups excluding carboxylic acids is 2. The maximum absolute atomic E-state index is 11.8. The van der Waals surface area contributed by atoms with Gasteiger partial charge in [-0.05, 0) is 19.1 Å². The van der Waals surface area contributed by atoms with Gasteiger partial charge in [0.15, 0.2) is 0 Å². The SMILES string of the molecule is COc1ccc(C)cc1C(=O)C(=O)N(C)C. The molecule has 0 atom stereocenters. The number of hydrogen-bond acceptors (Lipinski definition) is 3. The van der Waals surface area contributed by atoms with Gasteiger partial charge in [0, 0.05) is 14.1 Å². The lowest BCUT2D eigenvalue weighted by Gasteiger charge is -2.11. The topological polar surface area (TPSA) is 46.6 Å². The van der Waals surface area contributed by atoms with Crippen LogP contribution in [0.15, 0.2) is 18.2 Å². The van der Waals surface area contributed by atoms with Gasteiger partial charge in [0.05, 0.1) is 12.7 Å². The number of Topliss-reactive ketones (excluding diaryl/α,β-unsaturated/α-hetero) is 1. The molecule has 0 heterocycles. The van der Waals surface area contributed by atoms with E-state index < -0.39 is 11.7 Å². The van der Waals surface area contributed by atoms with Crippen LogP contribution in [0.4, 0.5) is 0 Å². The lowest BCUT2D eigenvalue weighted by molar-refractivity contribution is -0.124. The summed E-state index contributed by atoms with van der Waals surface area (Å²) >= 11 is 0. The number of amides is 1. The van der Waals surface area contributed by atoms with Gasteiger partial charge in [-0.15, -0.1) is 0 Å². The number of likely N-dealkylation sites (N-methyl/N-ethyl adjacent to an activating group) is 1. The molecule has 0 aliphatic rings. The van der Waals surface area contributed by atoms with Gasteiger partial charge >= 0.3 is 0 Å². The molecule has 0 fully saturated rings. The van der Waals surface area contributed by atoms with E-state index in [1.54, 1.807) is 26.2 Å². The summed E-state index contributed by atoms with van der Waals surface area (Å²) in [6.07, 6.45) is 0. The monoisotopic (exact) mass is 221 g/mol. The van der Waals surface area contributed by atoms with E-state index in [0.717, 1.165) is 5.56 Å². The highest BCUT2D eigenvalue weighted by molar-refractivity contribution is 6.43. The Morgan fingerprint density at radius 2 is 1.88 bits per heavy atom. The molecule has 0 aliphatic heterocycles. The van der Waals surface area contributed by atoms with E-state index in [4.69, 9.17) is 4.74 Å². The van der Waals surface area contributed by atoms with Crippen molar-refractivity contribution in [1.29, 1.82) is 0 Å². The molecular weight excluding hydrogens is 206 g/mol. The molecule has 1 rings (SSSR count). The van der Waals surface area contributed by atoms with Crippen LogP contribution in [0.2, 0.25) is 0 Å². The molecule has 0 bridgehead atoms. The fourth-order valence-corrected chi connectivity index (χ4v) is 1.32. The molecule has 0 N–H and O–H groups in total. The highest BCUT2D eigenvalue weighted by Gasteiger charge is 2.21. The Morgan fingerprint density at radius 1 is 1.25 bits per heavy atom. The predicted octanol–water partition coefficient (Wildman–Crippen LogP) is 1.27. The second kappa shape index (κ2) is 4.79. The number of hydrogen-bond donors (Lipinski definition) is 0. The lowest BCUT2D eigenvalue weighted by Crippen LogP contribution is -2.30. The normalized spacial score (nSPS) is 9.75. The molecule has 86 valence electrons. The minimum Gasteiger partial charge on any atom is -0.496 e. The van der Waals surface area contributed by atoms with Gasteiger partial charge in [-0.25, -0.2) is 0 Å². The Hall–Kier alpha value is -1.84. The van der Waals surface area contributed by atoms with Crippen molar-refractivity contribution < 1.29 is 14.3 Å². The van der Waals surface area contributed by atoms with Gasteiger partial charge in [0.25, 0.3) is 11.7 Å². The molecule has 0 spiro atoms. The van der Waals surface area contributed by atoms with E-state index in [1.165, 1.54) is 12.0 Å². The predicted molar refractivity (Wildman–Crippen MR) is 60.8 cm³/mol. The number of methoxy groups -OCH3 is 1. The van der Waals surface area contributed by atoms with E-state index >= 15 is 0 Å². The van der Waals surface area contributed by atoms with Crippen molar-refractivity contribution in [1.82, 2.24) is 4.90 Å². The van der Waals surface area contributed by atoms with Gasteiger partial charge in [-0.3, -0.25) is 9.59 Å². The fraction of sp³-hybridized carbons (Fsp3) is 0.333. The van der Waals surface area contributed by atoms with E-state index in [0.29, 0.717) is 11.3 Å². The summed E-state index contributed by atoms with van der Waals surface area (Å²) < 4.78 is 5.06. The van der Waals surface area contributed by atoms with Crippen LogP contribution in [-0.4, -0.2) is 37.8 Å². The first-order chi connectivity index (χ1) is 7.47. The largest absolute Gasteiger partial charge is 0.496 e. The third kappa shape index (κ3) is 2.39. The van der Waals surface area contributed by atoms with Crippen molar-refractivity contribution in [3.63, 3.8) is 0 Å². The number of ether oxygens (including phenoxy) is 1. The summed E-state index contributed by atoms with van der Waals surface area (Å²) in [7, 11) is 4.56. The minimum atomic E-state index is -0.552. The maximum Gasteiger partial charge on any atom is 0.294 e. The second-order valence-corrected chi connectivity index (χ2v) is 3.73. The quantitative estimate of drug-likeness (QED) is 0.570. The van der Waals surface area contributed by atoms with Crippen molar-refractivity contribution in [3.05, 3.63) is 29.3 Å². The van der Waals surface area contributed by atoms with Gasteiger partial charge in [0.2, 0.25) is 0 Å². The highest BCUT2D eigenvalue weighted by atomic mass is 16.5. The van der Waals surface area contributed by atoms with Crippen LogP contribution in [0.3, 0.4) is 0 Å². The molecule has 0 aromatic heterocycles. The van der Waals surface area contributed by atoms with Crippen LogP contribution < -0.4 is 4.74 Å². The van der Waals surface area contributed by atoms with Crippen molar-refractivity contribution in [3.8, 4) is 5.75 Å². The first-order valence-electron chi connectivity index (χ1n) is 4.88. The van der Waals surface area contributed by atoms with Crippen LogP contribution in [0.1, 0.15) is 15.9 Å². The van der Waals surface area contributed by atoms with Crippen molar-refractivity contribution in [2.45, 2.75) is 6.92 Å². The van der Waals surface area contributed by atoms with Crippen LogP contribution in [0, 0.1) is 6.92 Å². The molecule has 16 heavy (non-hydrogen) atoms. The summed E-state index contributed by atoms with van der Waals surface area (Å²) in [4.78, 5) is 24.6. The molecule has 0 radical (unpaired) electrons. The number of benzene rings is 1. The first-order valence-corrected chi connectivity index (χ1v) is 4.88. The zero-order chi connectivity index (χ0) is 12.3. The Kier molecular flexibility index (Phi) is 3.66. The smallest absolute Gasteiger partial charge is 0.294 e. The number of ketones is 1. The fourth-order valence-electron chi connectivity index (χ4n) is 1.32. The number of aryl methyl sites for hydroxylation is 1. The Labute approximate surface area is 94.8 Å². The third-order valence-corrected chi connectivity index (χ3v) is 2.20. The first kappa shape index (κ1) is 12.2. The average Bonchev–Trinajstić information content (AvgIpc) is 2.26. The summed E-state index contributed by atoms with van der Waals surface area (Å²) in [5, 5.41) is 0. The van der Waals surface area contributed by atoms with Crippen molar-refractivity contribution in [2.75, 3.05) is 21.2 Å². The van der Waals surface area contributed by atoms with Crippen LogP contribution in [0.25, 0.3) is 0 Å². The summed E-state index contributed by atoms with van der Waals surface area (Å²) in [6, 6.07) is 5.17. The molecule has 1 aromatic carbocycles. The highest BCUT2D eigenvalue weighted by Crippen LogP contribution is 2.20. The van der Waals surface area contributed by atoms with Gasteiger partial charge in [-0.1, -0.05) is 11.6 Å². The molecule has 0 aliphatic carbocycles. The second-order valence-electron chi connectivity index (χ2n) is 3.73. The van der Waals surface area contributed by atoms with Crippen molar-refractivity contribution in [2.24, 2.45) is 0 Å². The number of rotatable bonds is 3. The molecule has 4 nitrogen and oxygen atoms in total. The zero-order valence-corrected chi connectivity index (χ0v) is 9.90. The van der Waals surface area contributed by atoms with E-state index in [9.17, 15) is 9.59 Å². The molecule has 1 amide bonds. The summed E-state index contributed by atoms with van der Waals surface area (Å²) in [6.45, 7) is 1.86. The Balaban J connectivity index is 3.16. The summed E-state index contributed by atoms with van der Waals surface area (Å²) in [5.74, 6) is -0.680. The number of nitrogens with zero attached hydrogens (tertiary/aromatic N) is 1. The molecule has 0 saturated heterocycles. The zero-order valence-electron chi connectivity index (χ0n) is 9.90. The molecule has 0 unspecified atom stereocenters. The summed E-state index contributed by atoms with van der Waals surface area (Å²) in [5.41, 5.74) is 1.22.